The van der Waals surface area contributed by atoms with Gasteiger partial charge in [0.15, 0.2) is 11.5 Å². The van der Waals surface area contributed by atoms with Gasteiger partial charge < -0.3 is 24.6 Å². The summed E-state index contributed by atoms with van der Waals surface area (Å²) in [6, 6.07) is 13.1. The summed E-state index contributed by atoms with van der Waals surface area (Å²) in [5, 5.41) is 14.0. The summed E-state index contributed by atoms with van der Waals surface area (Å²) in [4.78, 5) is 16.5. The number of hydrogen-bond acceptors (Lipinski definition) is 6. The minimum atomic E-state index is -0.962. The number of aliphatic hydroxyl groups is 1. The van der Waals surface area contributed by atoms with Crippen molar-refractivity contribution < 1.29 is 24.1 Å². The third-order valence-electron chi connectivity index (χ3n) is 4.50. The van der Waals surface area contributed by atoms with Gasteiger partial charge >= 0.3 is 0 Å². The molecule has 0 aliphatic carbocycles. The van der Waals surface area contributed by atoms with Gasteiger partial charge in [-0.15, -0.1) is 0 Å². The minimum absolute atomic E-state index is 0.00174. The molecule has 2 N–H and O–H groups in total. The summed E-state index contributed by atoms with van der Waals surface area (Å²) in [6.45, 7) is 0.833. The first-order valence-electron chi connectivity index (χ1n) is 9.44. The number of benzene rings is 2. The number of hydrogen-bond donors (Lipinski definition) is 2. The Hall–Kier alpha value is -3.00. The van der Waals surface area contributed by atoms with E-state index in [1.54, 1.807) is 48.5 Å². The maximum Gasteiger partial charge on any atom is 0.251 e. The molecular formula is C22H18Cl2N2O5. The largest absolute Gasteiger partial charge is 0.486 e. The zero-order valence-electron chi connectivity index (χ0n) is 16.2. The monoisotopic (exact) mass is 460 g/mol. The van der Waals surface area contributed by atoms with Gasteiger partial charge in [0.1, 0.15) is 19.0 Å². The summed E-state index contributed by atoms with van der Waals surface area (Å²) < 4.78 is 16.6. The van der Waals surface area contributed by atoms with Crippen LogP contribution in [0.2, 0.25) is 10.0 Å². The molecule has 7 nitrogen and oxygen atoms in total. The van der Waals surface area contributed by atoms with E-state index in [-0.39, 0.29) is 12.5 Å². The lowest BCUT2D eigenvalue weighted by Crippen LogP contribution is -2.28. The van der Waals surface area contributed by atoms with E-state index in [9.17, 15) is 9.90 Å². The maximum absolute atomic E-state index is 12.4. The van der Waals surface area contributed by atoms with Gasteiger partial charge in [0.2, 0.25) is 5.88 Å². The smallest absolute Gasteiger partial charge is 0.251 e. The van der Waals surface area contributed by atoms with Crippen molar-refractivity contribution in [3.05, 3.63) is 75.9 Å². The van der Waals surface area contributed by atoms with Gasteiger partial charge in [-0.1, -0.05) is 23.2 Å². The summed E-state index contributed by atoms with van der Waals surface area (Å²) in [5.74, 6) is 1.52. The molecule has 2 aromatic carbocycles. The Bertz CT molecular complexity index is 1070. The van der Waals surface area contributed by atoms with E-state index >= 15 is 0 Å². The Morgan fingerprint density at radius 3 is 2.65 bits per heavy atom. The molecular weight excluding hydrogens is 443 g/mol. The minimum Gasteiger partial charge on any atom is -0.486 e. The van der Waals surface area contributed by atoms with Crippen LogP contribution in [0, 0.1) is 0 Å². The number of rotatable bonds is 6. The highest BCUT2D eigenvalue weighted by atomic mass is 35.5. The fourth-order valence-corrected chi connectivity index (χ4v) is 3.34. The lowest BCUT2D eigenvalue weighted by Gasteiger charge is -2.21. The van der Waals surface area contributed by atoms with Crippen molar-refractivity contribution in [1.82, 2.24) is 10.3 Å². The molecule has 1 amide bonds. The van der Waals surface area contributed by atoms with Gasteiger partial charge in [-0.25, -0.2) is 4.98 Å². The van der Waals surface area contributed by atoms with E-state index in [0.717, 1.165) is 0 Å². The average Bonchev–Trinajstić information content (AvgIpc) is 2.79. The van der Waals surface area contributed by atoms with Crippen LogP contribution < -0.4 is 19.5 Å². The van der Waals surface area contributed by atoms with Gasteiger partial charge in [0, 0.05) is 24.4 Å². The predicted molar refractivity (Wildman–Crippen MR) is 115 cm³/mol. The molecule has 0 saturated heterocycles. The molecule has 1 atom stereocenters. The number of nitrogens with one attached hydrogen (secondary N) is 1. The van der Waals surface area contributed by atoms with Crippen molar-refractivity contribution in [3.8, 4) is 23.1 Å². The van der Waals surface area contributed by atoms with Gasteiger partial charge in [-0.05, 0) is 48.0 Å². The number of fused-ring (bicyclic) bond motifs is 1. The number of carbonyl (C=O) groups excluding carboxylic acids is 1. The maximum atomic E-state index is 12.4. The van der Waals surface area contributed by atoms with E-state index in [0.29, 0.717) is 57.5 Å². The molecule has 2 heterocycles. The topological polar surface area (TPSA) is 89.9 Å². The predicted octanol–water partition coefficient (Wildman–Crippen LogP) is 4.42. The zero-order valence-corrected chi connectivity index (χ0v) is 17.7. The van der Waals surface area contributed by atoms with Crippen molar-refractivity contribution >= 4 is 29.1 Å². The number of carbonyl (C=O) groups is 1. The van der Waals surface area contributed by atoms with Crippen LogP contribution in [0.25, 0.3) is 0 Å². The number of halogens is 2. The second-order valence-electron chi connectivity index (χ2n) is 6.69. The molecule has 4 rings (SSSR count). The average molecular weight is 461 g/mol. The number of nitrogens with zero attached hydrogens (tertiary/aromatic N) is 1. The first-order valence-corrected chi connectivity index (χ1v) is 10.2. The lowest BCUT2D eigenvalue weighted by molar-refractivity contribution is 0.0916. The number of pyridine rings is 1. The summed E-state index contributed by atoms with van der Waals surface area (Å²) in [5.41, 5.74) is 0.942. The quantitative estimate of drug-likeness (QED) is 0.565. The molecule has 9 heteroatoms. The van der Waals surface area contributed by atoms with Crippen LogP contribution in [-0.4, -0.2) is 35.8 Å². The van der Waals surface area contributed by atoms with Crippen molar-refractivity contribution in [2.75, 3.05) is 19.8 Å². The Kier molecular flexibility index (Phi) is 6.46. The van der Waals surface area contributed by atoms with E-state index in [1.807, 2.05) is 0 Å². The highest BCUT2D eigenvalue weighted by molar-refractivity contribution is 6.32. The number of amides is 1. The molecule has 1 aliphatic rings. The summed E-state index contributed by atoms with van der Waals surface area (Å²) in [6.07, 6.45) is 0.523. The molecule has 3 aromatic rings. The van der Waals surface area contributed by atoms with Crippen molar-refractivity contribution in [2.45, 2.75) is 6.10 Å². The number of aliphatic hydroxyl groups excluding tert-OH is 1. The van der Waals surface area contributed by atoms with Gasteiger partial charge in [-0.2, -0.15) is 0 Å². The van der Waals surface area contributed by atoms with Crippen LogP contribution in [0.5, 0.6) is 23.1 Å². The summed E-state index contributed by atoms with van der Waals surface area (Å²) in [7, 11) is 0. The summed E-state index contributed by atoms with van der Waals surface area (Å²) >= 11 is 12.0. The van der Waals surface area contributed by atoms with E-state index in [4.69, 9.17) is 37.4 Å². The first-order chi connectivity index (χ1) is 15.0. The molecule has 0 fully saturated rings. The Labute approximate surface area is 188 Å². The Morgan fingerprint density at radius 1 is 1.13 bits per heavy atom. The molecule has 0 saturated carbocycles. The molecule has 0 spiro atoms. The van der Waals surface area contributed by atoms with E-state index in [2.05, 4.69) is 10.3 Å². The molecule has 0 radical (unpaired) electrons. The highest BCUT2D eigenvalue weighted by Crippen LogP contribution is 2.39. The fourth-order valence-electron chi connectivity index (χ4n) is 2.95. The fraction of sp³-hybridized carbons (Fsp3) is 0.182. The second-order valence-corrected chi connectivity index (χ2v) is 7.54. The van der Waals surface area contributed by atoms with Crippen LogP contribution in [0.3, 0.4) is 0 Å². The normalized spacial score (nSPS) is 13.4. The lowest BCUT2D eigenvalue weighted by atomic mass is 10.1. The molecule has 1 aliphatic heterocycles. The Balaban J connectivity index is 1.35. The van der Waals surface area contributed by atoms with Crippen molar-refractivity contribution in [3.63, 3.8) is 0 Å². The molecule has 0 bridgehead atoms. The molecule has 31 heavy (non-hydrogen) atoms. The third-order valence-corrected chi connectivity index (χ3v) is 5.00. The van der Waals surface area contributed by atoms with E-state index < -0.39 is 6.10 Å². The van der Waals surface area contributed by atoms with Crippen LogP contribution in [0.1, 0.15) is 22.0 Å². The van der Waals surface area contributed by atoms with Gasteiger partial charge in [-0.3, -0.25) is 4.79 Å². The molecule has 160 valence electrons. The second kappa shape index (κ2) is 9.43. The molecule has 1 unspecified atom stereocenters. The number of aromatic nitrogens is 1. The van der Waals surface area contributed by atoms with Crippen molar-refractivity contribution in [2.24, 2.45) is 0 Å². The third kappa shape index (κ3) is 5.19. The van der Waals surface area contributed by atoms with Crippen LogP contribution in [-0.2, 0) is 0 Å². The zero-order chi connectivity index (χ0) is 21.8. The van der Waals surface area contributed by atoms with Crippen LogP contribution >= 0.6 is 23.2 Å². The first kappa shape index (κ1) is 21.2. The van der Waals surface area contributed by atoms with Crippen LogP contribution in [0.15, 0.2) is 54.7 Å². The van der Waals surface area contributed by atoms with Crippen LogP contribution in [0.4, 0.5) is 0 Å². The highest BCUT2D eigenvalue weighted by Gasteiger charge is 2.20. The van der Waals surface area contributed by atoms with Crippen molar-refractivity contribution in [1.29, 1.82) is 0 Å². The number of ether oxygens (including phenoxy) is 3. The SMILES string of the molecule is O=C(NCC(O)c1cc(Cl)c2c(c1)OCCO2)c1ccc(Oc2ccc(Cl)cn2)cc1. The Morgan fingerprint density at radius 2 is 1.90 bits per heavy atom. The standard InChI is InChI=1S/C22H18Cl2N2O5/c23-15-3-6-20(25-11-15)31-16-4-1-13(2-5-16)22(28)26-12-18(27)14-9-17(24)21-19(10-14)29-7-8-30-21/h1-6,9-11,18,27H,7-8,12H2,(H,26,28). The van der Waals surface area contributed by atoms with Gasteiger partial charge in [0.25, 0.3) is 5.91 Å². The molecule has 1 aromatic heterocycles. The van der Waals surface area contributed by atoms with E-state index in [1.165, 1.54) is 6.20 Å². The van der Waals surface area contributed by atoms with Gasteiger partial charge in [0.05, 0.1) is 16.1 Å².